The maximum absolute atomic E-state index is 12.5. The molecule has 2 atom stereocenters. The van der Waals surface area contributed by atoms with Crippen LogP contribution in [-0.2, 0) is 9.53 Å². The van der Waals surface area contributed by atoms with E-state index in [0.717, 1.165) is 18.4 Å². The summed E-state index contributed by atoms with van der Waals surface area (Å²) in [7, 11) is 3.76. The second kappa shape index (κ2) is 9.13. The molecule has 0 bridgehead atoms. The Labute approximate surface area is 176 Å². The average molecular weight is 422 g/mol. The molecule has 1 aromatic rings. The molecule has 0 N–H and O–H groups in total. The summed E-state index contributed by atoms with van der Waals surface area (Å²) in [4.78, 5) is 30.6. The molecule has 8 heteroatoms. The highest BCUT2D eigenvalue weighted by Gasteiger charge is 2.44. The minimum Gasteiger partial charge on any atom is -0.439 e. The Hall–Kier alpha value is -1.80. The van der Waals surface area contributed by atoms with Gasteiger partial charge in [-0.15, -0.1) is 0 Å². The van der Waals surface area contributed by atoms with Crippen molar-refractivity contribution in [2.24, 2.45) is 0 Å². The first-order chi connectivity index (χ1) is 13.4. The van der Waals surface area contributed by atoms with Gasteiger partial charge >= 0.3 is 6.09 Å². The number of carbonyl (C=O) groups excluding carboxylic acids is 2. The number of likely N-dealkylation sites (tertiary alicyclic amines) is 1. The van der Waals surface area contributed by atoms with E-state index in [2.05, 4.69) is 0 Å². The second-order valence-electron chi connectivity index (χ2n) is 7.42. The molecule has 0 aliphatic carbocycles. The van der Waals surface area contributed by atoms with Gasteiger partial charge in [0.1, 0.15) is 10.4 Å². The maximum Gasteiger partial charge on any atom is 0.411 e. The molecule has 2 heterocycles. The third kappa shape index (κ3) is 4.60. The molecule has 1 aromatic carbocycles. The van der Waals surface area contributed by atoms with Crippen molar-refractivity contribution in [3.05, 3.63) is 35.9 Å². The van der Waals surface area contributed by atoms with E-state index in [1.807, 2.05) is 66.1 Å². The van der Waals surface area contributed by atoms with Crippen LogP contribution in [0.3, 0.4) is 0 Å². The summed E-state index contributed by atoms with van der Waals surface area (Å²) in [5, 5.41) is 0. The monoisotopic (exact) mass is 421 g/mol. The number of nitrogens with zero attached hydrogens (tertiary/aromatic N) is 3. The van der Waals surface area contributed by atoms with Crippen LogP contribution in [0.2, 0.25) is 0 Å². The predicted molar refractivity (Wildman–Crippen MR) is 115 cm³/mol. The Morgan fingerprint density at radius 2 is 1.89 bits per heavy atom. The van der Waals surface area contributed by atoms with Crippen LogP contribution in [0.4, 0.5) is 4.79 Å². The lowest BCUT2D eigenvalue weighted by Gasteiger charge is -2.37. The van der Waals surface area contributed by atoms with Gasteiger partial charge in [0.2, 0.25) is 5.91 Å². The van der Waals surface area contributed by atoms with Crippen molar-refractivity contribution < 1.29 is 14.3 Å². The van der Waals surface area contributed by atoms with Crippen molar-refractivity contribution in [1.82, 2.24) is 14.7 Å². The van der Waals surface area contributed by atoms with Crippen LogP contribution in [0.25, 0.3) is 0 Å². The average Bonchev–Trinajstić information content (AvgIpc) is 3.00. The van der Waals surface area contributed by atoms with E-state index in [-0.39, 0.29) is 30.2 Å². The van der Waals surface area contributed by atoms with Gasteiger partial charge in [0.05, 0.1) is 11.8 Å². The van der Waals surface area contributed by atoms with Crippen molar-refractivity contribution >= 4 is 40.3 Å². The second-order valence-corrected chi connectivity index (χ2v) is 9.03. The molecule has 2 saturated heterocycles. The first-order valence-electron chi connectivity index (χ1n) is 9.54. The molecule has 2 amide bonds. The molecular weight excluding hydrogens is 394 g/mol. The Morgan fingerprint density at radius 3 is 2.50 bits per heavy atom. The molecule has 0 saturated carbocycles. The highest BCUT2D eigenvalue weighted by Crippen LogP contribution is 2.35. The summed E-state index contributed by atoms with van der Waals surface area (Å²) in [6, 6.07) is 9.96. The molecular formula is C20H27N3O3S2. The highest BCUT2D eigenvalue weighted by molar-refractivity contribution is 8.23. The molecule has 0 spiro atoms. The maximum atomic E-state index is 12.5. The summed E-state index contributed by atoms with van der Waals surface area (Å²) in [5.74, 6) is 0.465. The fraction of sp³-hybridized carbons (Fsp3) is 0.550. The number of rotatable bonds is 4. The van der Waals surface area contributed by atoms with Crippen LogP contribution >= 0.6 is 24.0 Å². The summed E-state index contributed by atoms with van der Waals surface area (Å²) in [6.45, 7) is 3.36. The van der Waals surface area contributed by atoms with Crippen molar-refractivity contribution in [3.8, 4) is 0 Å². The fourth-order valence-corrected chi connectivity index (χ4v) is 4.65. The summed E-state index contributed by atoms with van der Waals surface area (Å²) >= 11 is 6.62. The molecule has 28 heavy (non-hydrogen) atoms. The summed E-state index contributed by atoms with van der Waals surface area (Å²) in [5.41, 5.74) is 1.02. The van der Waals surface area contributed by atoms with Crippen LogP contribution in [-0.4, -0.2) is 76.0 Å². The van der Waals surface area contributed by atoms with Gasteiger partial charge < -0.3 is 14.5 Å². The van der Waals surface area contributed by atoms with Gasteiger partial charge in [-0.05, 0) is 25.3 Å². The Bertz CT molecular complexity index is 721. The van der Waals surface area contributed by atoms with E-state index >= 15 is 0 Å². The van der Waals surface area contributed by atoms with Crippen molar-refractivity contribution in [2.45, 2.75) is 38.0 Å². The van der Waals surface area contributed by atoms with Crippen LogP contribution < -0.4 is 0 Å². The minimum absolute atomic E-state index is 0.0184. The zero-order chi connectivity index (χ0) is 20.3. The number of piperidine rings is 1. The van der Waals surface area contributed by atoms with E-state index in [0.29, 0.717) is 23.2 Å². The molecule has 2 fully saturated rings. The van der Waals surface area contributed by atoms with Gasteiger partial charge in [-0.1, -0.05) is 54.3 Å². The van der Waals surface area contributed by atoms with Gasteiger partial charge in [-0.2, -0.15) is 0 Å². The number of hydrogen-bond acceptors (Lipinski definition) is 5. The largest absolute Gasteiger partial charge is 0.439 e. The van der Waals surface area contributed by atoms with Gasteiger partial charge in [0.15, 0.2) is 0 Å². The van der Waals surface area contributed by atoms with E-state index in [4.69, 9.17) is 17.0 Å². The number of carbonyl (C=O) groups is 2. The number of thioether (sulfide) groups is 1. The topological polar surface area (TPSA) is 53.1 Å². The SMILES string of the molecule is CC1C(c2ccccc2)OC(=O)N1C1CCN(C(=O)CSC(=S)N(C)C)CC1. The van der Waals surface area contributed by atoms with Gasteiger partial charge in [-0.3, -0.25) is 9.69 Å². The van der Waals surface area contributed by atoms with Crippen molar-refractivity contribution in [2.75, 3.05) is 32.9 Å². The molecule has 2 aliphatic heterocycles. The predicted octanol–water partition coefficient (Wildman–Crippen LogP) is 3.14. The van der Waals surface area contributed by atoms with Crippen LogP contribution in [0.5, 0.6) is 0 Å². The molecule has 152 valence electrons. The number of benzene rings is 1. The molecule has 0 aromatic heterocycles. The summed E-state index contributed by atoms with van der Waals surface area (Å²) < 4.78 is 6.38. The van der Waals surface area contributed by atoms with E-state index < -0.39 is 0 Å². The zero-order valence-electron chi connectivity index (χ0n) is 16.5. The molecule has 2 unspecified atom stereocenters. The zero-order valence-corrected chi connectivity index (χ0v) is 18.2. The lowest BCUT2D eigenvalue weighted by molar-refractivity contribution is -0.129. The normalized spacial score (nSPS) is 22.9. The quantitative estimate of drug-likeness (QED) is 0.696. The molecule has 2 aliphatic rings. The summed E-state index contributed by atoms with van der Waals surface area (Å²) in [6.07, 6.45) is 1.06. The lowest BCUT2D eigenvalue weighted by Crippen LogP contribution is -2.49. The first-order valence-corrected chi connectivity index (χ1v) is 10.9. The van der Waals surface area contributed by atoms with E-state index in [1.165, 1.54) is 11.8 Å². The van der Waals surface area contributed by atoms with Crippen molar-refractivity contribution in [1.29, 1.82) is 0 Å². The standard InChI is InChI=1S/C20H27N3O3S2/c1-14-18(15-7-5-4-6-8-15)26-19(25)23(14)16-9-11-22(12-10-16)17(24)13-28-20(27)21(2)3/h4-8,14,16,18H,9-13H2,1-3H3. The van der Waals surface area contributed by atoms with Gasteiger partial charge in [0.25, 0.3) is 0 Å². The van der Waals surface area contributed by atoms with Crippen LogP contribution in [0.1, 0.15) is 31.4 Å². The Balaban J connectivity index is 1.54. The van der Waals surface area contributed by atoms with Crippen LogP contribution in [0, 0.1) is 0 Å². The fourth-order valence-electron chi connectivity index (χ4n) is 3.79. The number of cyclic esters (lactones) is 1. The Morgan fingerprint density at radius 1 is 1.25 bits per heavy atom. The van der Waals surface area contributed by atoms with E-state index in [9.17, 15) is 9.59 Å². The highest BCUT2D eigenvalue weighted by atomic mass is 32.2. The number of thiocarbonyl (C=S) groups is 1. The van der Waals surface area contributed by atoms with Gasteiger partial charge in [-0.25, -0.2) is 4.79 Å². The number of ether oxygens (including phenoxy) is 1. The smallest absolute Gasteiger partial charge is 0.411 e. The molecule has 6 nitrogen and oxygen atoms in total. The van der Waals surface area contributed by atoms with Crippen LogP contribution in [0.15, 0.2) is 30.3 Å². The Kier molecular flexibility index (Phi) is 6.82. The van der Waals surface area contributed by atoms with Crippen molar-refractivity contribution in [3.63, 3.8) is 0 Å². The minimum atomic E-state index is -0.252. The van der Waals surface area contributed by atoms with E-state index in [1.54, 1.807) is 0 Å². The number of amides is 2. The lowest BCUT2D eigenvalue weighted by atomic mass is 9.98. The third-order valence-corrected chi connectivity index (χ3v) is 7.06. The number of hydrogen-bond donors (Lipinski definition) is 0. The third-order valence-electron chi connectivity index (χ3n) is 5.34. The first kappa shape index (κ1) is 20.9. The molecule has 0 radical (unpaired) electrons. The van der Waals surface area contributed by atoms with Gasteiger partial charge in [0, 0.05) is 33.2 Å². The molecule has 3 rings (SSSR count).